The Morgan fingerprint density at radius 1 is 1.25 bits per heavy atom. The second-order valence-electron chi connectivity index (χ2n) is 6.37. The predicted octanol–water partition coefficient (Wildman–Crippen LogP) is 1.75. The molecule has 2 unspecified atom stereocenters. The van der Waals surface area contributed by atoms with Crippen molar-refractivity contribution in [1.29, 1.82) is 0 Å². The minimum atomic E-state index is -0.766. The van der Waals surface area contributed by atoms with Gasteiger partial charge in [-0.05, 0) is 39.2 Å². The number of hydrogen-bond acceptors (Lipinski definition) is 4. The highest BCUT2D eigenvalue weighted by molar-refractivity contribution is 7.84. The van der Waals surface area contributed by atoms with Gasteiger partial charge in [-0.2, -0.15) is 0 Å². The minimum absolute atomic E-state index is 0.327. The smallest absolute Gasteiger partial charge is 0.407 e. The Kier molecular flexibility index (Phi) is 9.05. The molecule has 0 bridgehead atoms. The number of ether oxygens (including phenoxy) is 1. The van der Waals surface area contributed by atoms with E-state index in [0.29, 0.717) is 24.1 Å². The van der Waals surface area contributed by atoms with Crippen LogP contribution in [0.4, 0.5) is 4.79 Å². The van der Waals surface area contributed by atoms with E-state index in [0.717, 1.165) is 13.1 Å². The first-order chi connectivity index (χ1) is 9.11. The zero-order valence-corrected chi connectivity index (χ0v) is 14.4. The maximum absolute atomic E-state index is 11.6. The maximum Gasteiger partial charge on any atom is 0.407 e. The Morgan fingerprint density at radius 3 is 2.30 bits per heavy atom. The summed E-state index contributed by atoms with van der Waals surface area (Å²) in [5, 5.41) is 6.09. The number of hydrogen-bond donors (Lipinski definition) is 2. The highest BCUT2D eigenvalue weighted by Crippen LogP contribution is 2.10. The summed E-state index contributed by atoms with van der Waals surface area (Å²) >= 11 is 0. The topological polar surface area (TPSA) is 67.4 Å². The molecule has 0 spiro atoms. The normalized spacial score (nSPS) is 14.9. The average molecular weight is 306 g/mol. The van der Waals surface area contributed by atoms with Crippen LogP contribution in [0.5, 0.6) is 0 Å². The Bertz CT molecular complexity index is 314. The quantitative estimate of drug-likeness (QED) is 0.671. The van der Waals surface area contributed by atoms with Crippen molar-refractivity contribution in [2.24, 2.45) is 11.8 Å². The fourth-order valence-electron chi connectivity index (χ4n) is 1.58. The molecule has 6 heteroatoms. The number of rotatable bonds is 8. The molecule has 0 saturated heterocycles. The molecule has 0 aliphatic rings. The summed E-state index contributed by atoms with van der Waals surface area (Å²) in [6, 6.07) is 0. The van der Waals surface area contributed by atoms with Crippen LogP contribution in [-0.2, 0) is 15.5 Å². The molecule has 1 amide bonds. The summed E-state index contributed by atoms with van der Waals surface area (Å²) in [5.74, 6) is 1.43. The SMILES string of the molecule is CC(C)C(CNCCS(C)=O)CNC(=O)OC(C)(C)C. The molecule has 20 heavy (non-hydrogen) atoms. The molecule has 0 rings (SSSR count). The third-order valence-corrected chi connectivity index (χ3v) is 3.60. The van der Waals surface area contributed by atoms with Gasteiger partial charge in [0.2, 0.25) is 0 Å². The van der Waals surface area contributed by atoms with Gasteiger partial charge in [-0.15, -0.1) is 0 Å². The van der Waals surface area contributed by atoms with Crippen LogP contribution >= 0.6 is 0 Å². The standard InChI is InChI=1S/C14H30N2O3S/c1-11(2)12(9-15-7-8-20(6)18)10-16-13(17)19-14(3,4)5/h11-12,15H,7-10H2,1-6H3,(H,16,17). The van der Waals surface area contributed by atoms with E-state index in [1.54, 1.807) is 6.26 Å². The van der Waals surface area contributed by atoms with Crippen molar-refractivity contribution >= 4 is 16.9 Å². The van der Waals surface area contributed by atoms with Gasteiger partial charge < -0.3 is 15.4 Å². The first-order valence-electron chi connectivity index (χ1n) is 7.09. The van der Waals surface area contributed by atoms with Gasteiger partial charge in [0.1, 0.15) is 5.60 Å². The summed E-state index contributed by atoms with van der Waals surface area (Å²) in [7, 11) is -0.766. The van der Waals surface area contributed by atoms with E-state index in [1.807, 2.05) is 20.8 Å². The molecule has 0 fully saturated rings. The molecular weight excluding hydrogens is 276 g/mol. The third-order valence-electron chi connectivity index (χ3n) is 2.82. The summed E-state index contributed by atoms with van der Waals surface area (Å²) in [5.41, 5.74) is -0.471. The van der Waals surface area contributed by atoms with Crippen LogP contribution in [-0.4, -0.2) is 47.5 Å². The van der Waals surface area contributed by atoms with E-state index in [1.165, 1.54) is 0 Å². The predicted molar refractivity (Wildman–Crippen MR) is 84.4 cm³/mol. The molecule has 2 N–H and O–H groups in total. The number of alkyl carbamates (subject to hydrolysis) is 1. The van der Waals surface area contributed by atoms with Gasteiger partial charge in [-0.1, -0.05) is 13.8 Å². The third kappa shape index (κ3) is 11.2. The van der Waals surface area contributed by atoms with Gasteiger partial charge in [-0.3, -0.25) is 4.21 Å². The Balaban J connectivity index is 4.02. The van der Waals surface area contributed by atoms with Crippen molar-refractivity contribution in [2.45, 2.75) is 40.2 Å². The van der Waals surface area contributed by atoms with Gasteiger partial charge in [0.15, 0.2) is 0 Å². The lowest BCUT2D eigenvalue weighted by atomic mass is 9.96. The monoisotopic (exact) mass is 306 g/mol. The molecule has 0 aliphatic carbocycles. The van der Waals surface area contributed by atoms with Crippen LogP contribution < -0.4 is 10.6 Å². The van der Waals surface area contributed by atoms with Crippen LogP contribution in [0, 0.1) is 11.8 Å². The molecule has 120 valence electrons. The molecule has 0 aromatic rings. The summed E-state index contributed by atoms with van der Waals surface area (Å²) in [6.45, 7) is 11.9. The number of amides is 1. The Morgan fingerprint density at radius 2 is 1.85 bits per heavy atom. The molecular formula is C14H30N2O3S. The van der Waals surface area contributed by atoms with Crippen LogP contribution in [0.15, 0.2) is 0 Å². The van der Waals surface area contributed by atoms with Crippen molar-refractivity contribution < 1.29 is 13.7 Å². The number of nitrogens with one attached hydrogen (secondary N) is 2. The molecule has 0 saturated carbocycles. The molecule has 0 aromatic carbocycles. The van der Waals surface area contributed by atoms with Crippen molar-refractivity contribution in [1.82, 2.24) is 10.6 Å². The highest BCUT2D eigenvalue weighted by Gasteiger charge is 2.18. The Labute approximate surface area is 125 Å². The highest BCUT2D eigenvalue weighted by atomic mass is 32.2. The molecule has 5 nitrogen and oxygen atoms in total. The summed E-state index contributed by atoms with van der Waals surface area (Å²) < 4.78 is 16.2. The lowest BCUT2D eigenvalue weighted by molar-refractivity contribution is 0.0515. The van der Waals surface area contributed by atoms with Crippen molar-refractivity contribution in [3.8, 4) is 0 Å². The first kappa shape index (κ1) is 19.4. The van der Waals surface area contributed by atoms with Gasteiger partial charge in [0.05, 0.1) is 0 Å². The molecule has 2 atom stereocenters. The lowest BCUT2D eigenvalue weighted by Crippen LogP contribution is -2.40. The zero-order valence-electron chi connectivity index (χ0n) is 13.6. The van der Waals surface area contributed by atoms with Gasteiger partial charge in [0.25, 0.3) is 0 Å². The van der Waals surface area contributed by atoms with Crippen molar-refractivity contribution in [3.63, 3.8) is 0 Å². The number of carbonyl (C=O) groups excluding carboxylic acids is 1. The van der Waals surface area contributed by atoms with Gasteiger partial charge in [0, 0.05) is 35.9 Å². The zero-order chi connectivity index (χ0) is 15.8. The van der Waals surface area contributed by atoms with E-state index >= 15 is 0 Å². The van der Waals surface area contributed by atoms with Crippen molar-refractivity contribution in [2.75, 3.05) is 31.6 Å². The van der Waals surface area contributed by atoms with Crippen molar-refractivity contribution in [3.05, 3.63) is 0 Å². The Hall–Kier alpha value is -0.620. The fraction of sp³-hybridized carbons (Fsp3) is 0.929. The van der Waals surface area contributed by atoms with E-state index in [2.05, 4.69) is 24.5 Å². The second-order valence-corrected chi connectivity index (χ2v) is 7.92. The second kappa shape index (κ2) is 9.34. The van der Waals surface area contributed by atoms with Gasteiger partial charge >= 0.3 is 6.09 Å². The average Bonchev–Trinajstić information content (AvgIpc) is 2.24. The molecule has 0 aliphatic heterocycles. The summed E-state index contributed by atoms with van der Waals surface area (Å²) in [4.78, 5) is 11.6. The number of carbonyl (C=O) groups is 1. The lowest BCUT2D eigenvalue weighted by Gasteiger charge is -2.24. The van der Waals surface area contributed by atoms with E-state index < -0.39 is 16.4 Å². The molecule has 0 heterocycles. The molecule has 0 radical (unpaired) electrons. The van der Waals surface area contributed by atoms with Gasteiger partial charge in [-0.25, -0.2) is 4.79 Å². The van der Waals surface area contributed by atoms with Crippen LogP contribution in [0.1, 0.15) is 34.6 Å². The molecule has 0 aromatic heterocycles. The fourth-order valence-corrected chi connectivity index (χ4v) is 2.01. The largest absolute Gasteiger partial charge is 0.444 e. The van der Waals surface area contributed by atoms with Crippen LogP contribution in [0.25, 0.3) is 0 Å². The van der Waals surface area contributed by atoms with Crippen LogP contribution in [0.3, 0.4) is 0 Å². The van der Waals surface area contributed by atoms with E-state index in [-0.39, 0.29) is 6.09 Å². The van der Waals surface area contributed by atoms with Crippen LogP contribution in [0.2, 0.25) is 0 Å². The maximum atomic E-state index is 11.6. The van der Waals surface area contributed by atoms with E-state index in [4.69, 9.17) is 4.74 Å². The minimum Gasteiger partial charge on any atom is -0.444 e. The van der Waals surface area contributed by atoms with E-state index in [9.17, 15) is 9.00 Å². The summed E-state index contributed by atoms with van der Waals surface area (Å²) in [6.07, 6.45) is 1.32. The first-order valence-corrected chi connectivity index (χ1v) is 8.82.